The van der Waals surface area contributed by atoms with Crippen molar-refractivity contribution in [3.63, 3.8) is 0 Å². The second kappa shape index (κ2) is 2.39. The van der Waals surface area contributed by atoms with Crippen LogP contribution in [0.3, 0.4) is 0 Å². The topological polar surface area (TPSA) is 49.4 Å². The van der Waals surface area contributed by atoms with E-state index in [9.17, 15) is 0 Å². The van der Waals surface area contributed by atoms with Crippen LogP contribution >= 0.6 is 23.2 Å². The number of hydrogen-bond acceptors (Lipinski definition) is 4. The molecule has 1 atom stereocenters. The summed E-state index contributed by atoms with van der Waals surface area (Å²) in [5, 5.41) is 0.534. The van der Waals surface area contributed by atoms with Crippen LogP contribution in [0.5, 0.6) is 0 Å². The van der Waals surface area contributed by atoms with Crippen molar-refractivity contribution >= 4 is 45.8 Å². The Morgan fingerprint density at radius 3 is 2.91 bits per heavy atom. The van der Waals surface area contributed by atoms with E-state index in [0.29, 0.717) is 11.0 Å². The van der Waals surface area contributed by atoms with Crippen molar-refractivity contribution in [2.75, 3.05) is 0 Å². The number of rotatable bonds is 0. The zero-order chi connectivity index (χ0) is 7.84. The molecule has 0 radical (unpaired) electrons. The minimum Gasteiger partial charge on any atom is -0.237 e. The molecule has 0 spiro atoms. The molecule has 6 heteroatoms. The molecule has 2 aliphatic heterocycles. The number of amidine groups is 2. The van der Waals surface area contributed by atoms with Gasteiger partial charge < -0.3 is 0 Å². The Kier molecular flexibility index (Phi) is 1.51. The molecule has 1 unspecified atom stereocenters. The van der Waals surface area contributed by atoms with Crippen LogP contribution in [-0.2, 0) is 0 Å². The Bertz CT molecular complexity index is 314. The average Bonchev–Trinajstić information content (AvgIpc) is 2.31. The molecule has 4 nitrogen and oxygen atoms in total. The molecule has 56 valence electrons. The van der Waals surface area contributed by atoms with Gasteiger partial charge in [0.2, 0.25) is 5.29 Å². The van der Waals surface area contributed by atoms with Crippen LogP contribution in [0.25, 0.3) is 0 Å². The highest BCUT2D eigenvalue weighted by atomic mass is 35.5. The predicted octanol–water partition coefficient (Wildman–Crippen LogP) is 1.04. The van der Waals surface area contributed by atoms with Crippen LogP contribution in [0.2, 0.25) is 0 Å². The Hall–Kier alpha value is -0.740. The monoisotopic (exact) mass is 188 g/mol. The fourth-order valence-electron chi connectivity index (χ4n) is 0.822. The average molecular weight is 189 g/mol. The normalized spacial score (nSPS) is 27.5. The highest BCUT2D eigenvalue weighted by Crippen LogP contribution is 2.15. The zero-order valence-corrected chi connectivity index (χ0v) is 6.71. The van der Waals surface area contributed by atoms with Crippen LogP contribution in [0.15, 0.2) is 20.0 Å². The first-order valence-electron chi connectivity index (χ1n) is 2.85. The molecule has 0 N–H and O–H groups in total. The number of halogens is 2. The summed E-state index contributed by atoms with van der Waals surface area (Å²) >= 11 is 11.2. The van der Waals surface area contributed by atoms with E-state index in [2.05, 4.69) is 20.0 Å². The van der Waals surface area contributed by atoms with Gasteiger partial charge >= 0.3 is 0 Å². The van der Waals surface area contributed by atoms with Crippen molar-refractivity contribution in [2.24, 2.45) is 20.0 Å². The molecule has 0 aromatic rings. The summed E-state index contributed by atoms with van der Waals surface area (Å²) in [6.45, 7) is 0. The summed E-state index contributed by atoms with van der Waals surface area (Å²) < 4.78 is 0. The molecule has 2 aliphatic rings. The van der Waals surface area contributed by atoms with E-state index in [1.165, 1.54) is 6.34 Å². The van der Waals surface area contributed by atoms with Crippen molar-refractivity contribution in [2.45, 2.75) is 6.04 Å². The molecule has 2 heterocycles. The molecule has 0 amide bonds. The minimum absolute atomic E-state index is 0.178. The van der Waals surface area contributed by atoms with Gasteiger partial charge in [0.05, 0.1) is 0 Å². The number of hydrogen-bond donors (Lipinski definition) is 0. The second-order valence-electron chi connectivity index (χ2n) is 1.97. The summed E-state index contributed by atoms with van der Waals surface area (Å²) in [4.78, 5) is 15.3. The molecule has 0 aromatic heterocycles. The minimum atomic E-state index is -0.367. The highest BCUT2D eigenvalue weighted by molar-refractivity contribution is 6.72. The third-order valence-electron chi connectivity index (χ3n) is 1.28. The molecule has 0 saturated heterocycles. The zero-order valence-electron chi connectivity index (χ0n) is 5.20. The van der Waals surface area contributed by atoms with Crippen molar-refractivity contribution < 1.29 is 0 Å². The largest absolute Gasteiger partial charge is 0.237 e. The van der Waals surface area contributed by atoms with Crippen LogP contribution in [0.1, 0.15) is 0 Å². The van der Waals surface area contributed by atoms with E-state index >= 15 is 0 Å². The van der Waals surface area contributed by atoms with E-state index in [0.717, 1.165) is 0 Å². The smallest absolute Gasteiger partial charge is 0.220 e. The number of aliphatic imine (C=N–C) groups is 4. The highest BCUT2D eigenvalue weighted by Gasteiger charge is 2.27. The van der Waals surface area contributed by atoms with E-state index in [-0.39, 0.29) is 11.3 Å². The van der Waals surface area contributed by atoms with Gasteiger partial charge in [-0.15, -0.1) is 0 Å². The summed E-state index contributed by atoms with van der Waals surface area (Å²) in [6, 6.07) is -0.367. The molecule has 0 aliphatic carbocycles. The fourth-order valence-corrected chi connectivity index (χ4v) is 1.20. The maximum Gasteiger partial charge on any atom is 0.220 e. The molecule has 0 bridgehead atoms. The van der Waals surface area contributed by atoms with E-state index in [4.69, 9.17) is 23.2 Å². The van der Waals surface area contributed by atoms with Gasteiger partial charge in [-0.3, -0.25) is 0 Å². The van der Waals surface area contributed by atoms with Crippen molar-refractivity contribution in [1.82, 2.24) is 0 Å². The lowest BCUT2D eigenvalue weighted by Gasteiger charge is -2.06. The lowest BCUT2D eigenvalue weighted by Crippen LogP contribution is -2.23. The van der Waals surface area contributed by atoms with E-state index in [1.807, 2.05) is 0 Å². The number of fused-ring (bicyclic) bond motifs is 1. The quantitative estimate of drug-likeness (QED) is 0.511. The molecule has 2 rings (SSSR count). The SMILES string of the molecule is ClC1=NC2C(Cl)=NC=NC2=N1. The predicted molar refractivity (Wildman–Crippen MR) is 46.3 cm³/mol. The Balaban J connectivity index is 2.44. The summed E-state index contributed by atoms with van der Waals surface area (Å²) in [5.41, 5.74) is 0. The van der Waals surface area contributed by atoms with Crippen LogP contribution in [0.4, 0.5) is 0 Å². The van der Waals surface area contributed by atoms with Crippen LogP contribution < -0.4 is 0 Å². The van der Waals surface area contributed by atoms with Crippen LogP contribution in [-0.4, -0.2) is 28.7 Å². The summed E-state index contributed by atoms with van der Waals surface area (Å²) in [5.74, 6) is 0.509. The van der Waals surface area contributed by atoms with Gasteiger partial charge in [-0.05, 0) is 11.6 Å². The van der Waals surface area contributed by atoms with Gasteiger partial charge in [-0.2, -0.15) is 0 Å². The standard InChI is InChI=1S/C5H2Cl2N4/c6-3-2-4(9-1-8-3)11-5(7)10-2/h1-2H. The molecule has 0 saturated carbocycles. The van der Waals surface area contributed by atoms with Gasteiger partial charge in [0.1, 0.15) is 11.5 Å². The Morgan fingerprint density at radius 2 is 2.18 bits per heavy atom. The second-order valence-corrected chi connectivity index (χ2v) is 2.69. The lowest BCUT2D eigenvalue weighted by atomic mass is 10.3. The third kappa shape index (κ3) is 1.08. The van der Waals surface area contributed by atoms with Crippen molar-refractivity contribution in [3.05, 3.63) is 0 Å². The molecular weight excluding hydrogens is 187 g/mol. The van der Waals surface area contributed by atoms with E-state index in [1.54, 1.807) is 0 Å². The summed E-state index contributed by atoms with van der Waals surface area (Å²) in [6.07, 6.45) is 1.34. The Morgan fingerprint density at radius 1 is 1.36 bits per heavy atom. The first-order valence-corrected chi connectivity index (χ1v) is 3.60. The maximum absolute atomic E-state index is 5.70. The molecule has 0 aromatic carbocycles. The van der Waals surface area contributed by atoms with Gasteiger partial charge in [-0.1, -0.05) is 11.6 Å². The van der Waals surface area contributed by atoms with Crippen molar-refractivity contribution in [3.8, 4) is 0 Å². The van der Waals surface area contributed by atoms with Crippen LogP contribution in [0, 0.1) is 0 Å². The maximum atomic E-state index is 5.70. The molecular formula is C5H2Cl2N4. The van der Waals surface area contributed by atoms with Gasteiger partial charge in [0, 0.05) is 0 Å². The number of nitrogens with zero attached hydrogens (tertiary/aromatic N) is 4. The first-order chi connectivity index (χ1) is 5.27. The lowest BCUT2D eigenvalue weighted by molar-refractivity contribution is 1.16. The molecule has 0 fully saturated rings. The Labute approximate surface area is 72.4 Å². The van der Waals surface area contributed by atoms with Gasteiger partial charge in [-0.25, -0.2) is 20.0 Å². The molecule has 11 heavy (non-hydrogen) atoms. The summed E-state index contributed by atoms with van der Waals surface area (Å²) in [7, 11) is 0. The van der Waals surface area contributed by atoms with Crippen molar-refractivity contribution in [1.29, 1.82) is 0 Å². The van der Waals surface area contributed by atoms with Gasteiger partial charge in [0.25, 0.3) is 0 Å². The fraction of sp³-hybridized carbons (Fsp3) is 0.200. The van der Waals surface area contributed by atoms with E-state index < -0.39 is 0 Å². The first kappa shape index (κ1) is 6.94. The van der Waals surface area contributed by atoms with Gasteiger partial charge in [0.15, 0.2) is 11.9 Å². The third-order valence-corrected chi connectivity index (χ3v) is 1.77.